The Morgan fingerprint density at radius 3 is 1.92 bits per heavy atom. The second-order valence-corrected chi connectivity index (χ2v) is 5.54. The van der Waals surface area contributed by atoms with Crippen LogP contribution in [0.15, 0.2) is 24.3 Å². The van der Waals surface area contributed by atoms with Crippen molar-refractivity contribution in [3.05, 3.63) is 29.8 Å². The third kappa shape index (κ3) is 5.06. The van der Waals surface area contributed by atoms with E-state index in [1.54, 1.807) is 31.2 Å². The summed E-state index contributed by atoms with van der Waals surface area (Å²) in [6.45, 7) is 4.95. The number of hydrogen-bond donors (Lipinski definition) is 2. The summed E-state index contributed by atoms with van der Waals surface area (Å²) in [6, 6.07) is 6.20. The van der Waals surface area contributed by atoms with Gasteiger partial charge in [-0.1, -0.05) is 6.92 Å². The van der Waals surface area contributed by atoms with E-state index in [1.807, 2.05) is 13.8 Å². The van der Waals surface area contributed by atoms with Gasteiger partial charge in [0.2, 0.25) is 0 Å². The number of carboxylic acid groups (broad SMARTS) is 2. The van der Waals surface area contributed by atoms with E-state index in [0.717, 1.165) is 0 Å². The Balaban J connectivity index is 3.03. The van der Waals surface area contributed by atoms with Crippen LogP contribution in [0.2, 0.25) is 0 Å². The van der Waals surface area contributed by atoms with Gasteiger partial charge in [0.05, 0.1) is 0 Å². The van der Waals surface area contributed by atoms with E-state index < -0.39 is 30.6 Å². The minimum atomic E-state index is -1.13. The minimum Gasteiger partial charge on any atom is -0.480 e. The summed E-state index contributed by atoms with van der Waals surface area (Å²) in [6.07, 6.45) is 0.519. The average Bonchev–Trinajstić information content (AvgIpc) is 2.53. The van der Waals surface area contributed by atoms with E-state index in [2.05, 4.69) is 0 Å². The van der Waals surface area contributed by atoms with Crippen LogP contribution in [0.3, 0.4) is 0 Å². The Morgan fingerprint density at radius 2 is 1.54 bits per heavy atom. The third-order valence-corrected chi connectivity index (χ3v) is 3.76. The molecule has 0 fully saturated rings. The fourth-order valence-corrected chi connectivity index (χ4v) is 2.34. The molecule has 0 aliphatic heterocycles. The Hall–Kier alpha value is -2.41. The van der Waals surface area contributed by atoms with Gasteiger partial charge in [0.25, 0.3) is 0 Å². The maximum Gasteiger partial charge on any atom is 0.323 e. The largest absolute Gasteiger partial charge is 0.480 e. The van der Waals surface area contributed by atoms with Crippen LogP contribution in [0.25, 0.3) is 0 Å². The van der Waals surface area contributed by atoms with Crippen LogP contribution in [0, 0.1) is 0 Å². The summed E-state index contributed by atoms with van der Waals surface area (Å²) in [5, 5.41) is 17.8. The van der Waals surface area contributed by atoms with Crippen molar-refractivity contribution < 1.29 is 29.3 Å². The zero-order valence-electron chi connectivity index (χ0n) is 14.1. The highest BCUT2D eigenvalue weighted by Crippen LogP contribution is 2.23. The molecule has 0 bridgehead atoms. The number of ketones is 1. The topological polar surface area (TPSA) is 104 Å². The van der Waals surface area contributed by atoms with Gasteiger partial charge in [-0.15, -0.1) is 0 Å². The quantitative estimate of drug-likeness (QED) is 0.630. The van der Waals surface area contributed by atoms with E-state index in [4.69, 9.17) is 14.9 Å². The molecule has 0 aliphatic carbocycles. The van der Waals surface area contributed by atoms with Crippen LogP contribution in [0.1, 0.15) is 37.6 Å². The van der Waals surface area contributed by atoms with Gasteiger partial charge in [0, 0.05) is 17.9 Å². The van der Waals surface area contributed by atoms with E-state index in [1.165, 1.54) is 4.90 Å². The van der Waals surface area contributed by atoms with Crippen molar-refractivity contribution in [3.8, 4) is 0 Å². The summed E-state index contributed by atoms with van der Waals surface area (Å²) >= 11 is 0. The highest BCUT2D eigenvalue weighted by molar-refractivity contribution is 6.02. The molecule has 24 heavy (non-hydrogen) atoms. The molecule has 132 valence electrons. The number of carbonyl (C=O) groups excluding carboxylic acids is 1. The molecule has 0 amide bonds. The Labute approximate surface area is 140 Å². The second-order valence-electron chi connectivity index (χ2n) is 5.54. The number of hydrogen-bond acceptors (Lipinski definition) is 5. The number of aliphatic carboxylic acids is 2. The lowest BCUT2D eigenvalue weighted by molar-refractivity contribution is -0.136. The van der Waals surface area contributed by atoms with Gasteiger partial charge < -0.3 is 19.8 Å². The lowest BCUT2D eigenvalue weighted by Gasteiger charge is -2.27. The number of benzene rings is 1. The van der Waals surface area contributed by atoms with Gasteiger partial charge in [-0.25, -0.2) is 0 Å². The first-order valence-electron chi connectivity index (χ1n) is 7.70. The predicted octanol–water partition coefficient (Wildman–Crippen LogP) is 2.05. The number of Topliss-reactive ketones (excluding diaryl/α,β-unsaturated/α-hetero) is 1. The van der Waals surface area contributed by atoms with Gasteiger partial charge >= 0.3 is 11.9 Å². The molecule has 1 aromatic carbocycles. The number of ether oxygens (including phenoxy) is 1. The molecule has 7 heteroatoms. The highest BCUT2D eigenvalue weighted by Gasteiger charge is 2.32. The molecular weight excluding hydrogens is 314 g/mol. The van der Waals surface area contributed by atoms with Crippen LogP contribution in [-0.4, -0.2) is 53.2 Å². The lowest BCUT2D eigenvalue weighted by Crippen LogP contribution is -2.38. The van der Waals surface area contributed by atoms with Crippen molar-refractivity contribution in [2.45, 2.75) is 32.8 Å². The summed E-state index contributed by atoms with van der Waals surface area (Å²) in [7, 11) is 0. The van der Waals surface area contributed by atoms with Gasteiger partial charge in [-0.2, -0.15) is 0 Å². The number of anilines is 1. The first kappa shape index (κ1) is 19.6. The molecule has 0 radical (unpaired) electrons. The molecule has 0 aromatic heterocycles. The van der Waals surface area contributed by atoms with Crippen molar-refractivity contribution in [1.82, 2.24) is 0 Å². The monoisotopic (exact) mass is 337 g/mol. The van der Waals surface area contributed by atoms with Crippen LogP contribution in [0.4, 0.5) is 5.69 Å². The molecule has 0 saturated carbocycles. The van der Waals surface area contributed by atoms with E-state index in [-0.39, 0.29) is 5.78 Å². The minimum absolute atomic E-state index is 0.165. The number of carbonyl (C=O) groups is 3. The summed E-state index contributed by atoms with van der Waals surface area (Å²) in [5.41, 5.74) is -0.0638. The van der Waals surface area contributed by atoms with Crippen molar-refractivity contribution in [3.63, 3.8) is 0 Å². The molecule has 1 aromatic rings. The molecular formula is C17H23NO6. The number of nitrogens with zero attached hydrogens (tertiary/aromatic N) is 1. The average molecular weight is 337 g/mol. The van der Waals surface area contributed by atoms with Crippen LogP contribution in [-0.2, 0) is 14.3 Å². The first-order valence-corrected chi connectivity index (χ1v) is 7.70. The Kier molecular flexibility index (Phi) is 6.91. The molecule has 1 unspecified atom stereocenters. The van der Waals surface area contributed by atoms with Crippen molar-refractivity contribution in [2.24, 2.45) is 0 Å². The Bertz CT molecular complexity index is 582. The molecule has 1 rings (SSSR count). The summed E-state index contributed by atoms with van der Waals surface area (Å²) < 4.78 is 5.56. The molecule has 1 atom stereocenters. The van der Waals surface area contributed by atoms with Crippen molar-refractivity contribution in [1.29, 1.82) is 0 Å². The Morgan fingerprint density at radius 1 is 1.04 bits per heavy atom. The SMILES string of the molecule is CCOC(C)(CC)C(=O)c1ccc(N(CC(=O)O)CC(=O)O)cc1. The molecule has 0 saturated heterocycles. The molecule has 7 nitrogen and oxygen atoms in total. The fourth-order valence-electron chi connectivity index (χ4n) is 2.34. The zero-order chi connectivity index (χ0) is 18.3. The maximum atomic E-state index is 12.6. The predicted molar refractivity (Wildman–Crippen MR) is 88.6 cm³/mol. The van der Waals surface area contributed by atoms with Crippen LogP contribution >= 0.6 is 0 Å². The second kappa shape index (κ2) is 8.44. The standard InChI is InChI=1S/C17H23NO6/c1-4-17(3,24-5-2)16(23)12-6-8-13(9-7-12)18(10-14(19)20)11-15(21)22/h6-9H,4-5,10-11H2,1-3H3,(H,19,20)(H,21,22). The van der Waals surface area contributed by atoms with E-state index in [0.29, 0.717) is 24.3 Å². The van der Waals surface area contributed by atoms with Gasteiger partial charge in [0.15, 0.2) is 5.78 Å². The normalized spacial score (nSPS) is 13.1. The molecule has 0 aliphatic rings. The van der Waals surface area contributed by atoms with Gasteiger partial charge in [-0.05, 0) is 44.5 Å². The molecule has 0 spiro atoms. The fraction of sp³-hybridized carbons (Fsp3) is 0.471. The third-order valence-electron chi connectivity index (χ3n) is 3.76. The van der Waals surface area contributed by atoms with E-state index in [9.17, 15) is 14.4 Å². The molecule has 2 N–H and O–H groups in total. The molecule has 0 heterocycles. The number of carboxylic acids is 2. The van der Waals surface area contributed by atoms with E-state index >= 15 is 0 Å². The van der Waals surface area contributed by atoms with Crippen LogP contribution in [0.5, 0.6) is 0 Å². The van der Waals surface area contributed by atoms with Crippen molar-refractivity contribution in [2.75, 3.05) is 24.6 Å². The zero-order valence-corrected chi connectivity index (χ0v) is 14.1. The maximum absolute atomic E-state index is 12.6. The van der Waals surface area contributed by atoms with Crippen molar-refractivity contribution >= 4 is 23.4 Å². The van der Waals surface area contributed by atoms with Gasteiger partial charge in [0.1, 0.15) is 18.7 Å². The highest BCUT2D eigenvalue weighted by atomic mass is 16.5. The van der Waals surface area contributed by atoms with Crippen LogP contribution < -0.4 is 4.90 Å². The summed E-state index contributed by atoms with van der Waals surface area (Å²) in [5.74, 6) is -2.43. The smallest absolute Gasteiger partial charge is 0.323 e. The summed E-state index contributed by atoms with van der Waals surface area (Å²) in [4.78, 5) is 35.6. The lowest BCUT2D eigenvalue weighted by atomic mass is 9.92. The first-order chi connectivity index (χ1) is 11.2. The number of rotatable bonds is 10. The van der Waals surface area contributed by atoms with Gasteiger partial charge in [-0.3, -0.25) is 14.4 Å².